The van der Waals surface area contributed by atoms with E-state index in [1.165, 1.54) is 44.9 Å². The first-order valence-electron chi connectivity index (χ1n) is 10.6. The Morgan fingerprint density at radius 1 is 1.15 bits per heavy atom. The van der Waals surface area contributed by atoms with Crippen LogP contribution in [0.3, 0.4) is 0 Å². The summed E-state index contributed by atoms with van der Waals surface area (Å²) in [4.78, 5) is 12.6. The number of benzene rings is 1. The molecule has 1 aromatic carbocycles. The van der Waals surface area contributed by atoms with Gasteiger partial charge in [-0.05, 0) is 62.0 Å². The highest BCUT2D eigenvalue weighted by atomic mass is 16.1. The van der Waals surface area contributed by atoms with E-state index in [0.717, 1.165) is 47.7 Å². The molecule has 2 aromatic rings. The van der Waals surface area contributed by atoms with Gasteiger partial charge in [-0.25, -0.2) is 0 Å². The fourth-order valence-corrected chi connectivity index (χ4v) is 5.51. The number of fused-ring (bicyclic) bond motifs is 3. The minimum atomic E-state index is 0.157. The zero-order chi connectivity index (χ0) is 18.2. The molecule has 0 saturated heterocycles. The van der Waals surface area contributed by atoms with Gasteiger partial charge in [0.05, 0.1) is 0 Å². The molecule has 0 unspecified atom stereocenters. The lowest BCUT2D eigenvalue weighted by Gasteiger charge is -2.21. The lowest BCUT2D eigenvalue weighted by atomic mass is 9.86. The molecule has 0 spiro atoms. The van der Waals surface area contributed by atoms with Crippen molar-refractivity contribution in [2.45, 2.75) is 64.3 Å². The quantitative estimate of drug-likeness (QED) is 0.873. The Hall–Kier alpha value is -2.17. The second kappa shape index (κ2) is 7.10. The van der Waals surface area contributed by atoms with E-state index >= 15 is 0 Å². The lowest BCUT2D eigenvalue weighted by Crippen LogP contribution is -2.20. The summed E-state index contributed by atoms with van der Waals surface area (Å²) in [6.45, 7) is 0.985. The molecule has 0 radical (unpaired) electrons. The van der Waals surface area contributed by atoms with E-state index in [1.54, 1.807) is 0 Å². The van der Waals surface area contributed by atoms with Crippen molar-refractivity contribution in [2.75, 3.05) is 5.32 Å². The average molecular weight is 364 g/mol. The van der Waals surface area contributed by atoms with Crippen LogP contribution in [0.25, 0.3) is 11.4 Å². The minimum absolute atomic E-state index is 0.157. The second-order valence-corrected chi connectivity index (χ2v) is 8.67. The van der Waals surface area contributed by atoms with Crippen LogP contribution in [-0.4, -0.2) is 20.7 Å². The molecule has 2 aliphatic carbocycles. The highest BCUT2D eigenvalue weighted by molar-refractivity contribution is 5.91. The molecule has 1 N–H and O–H groups in total. The van der Waals surface area contributed by atoms with Crippen LogP contribution in [0, 0.1) is 17.8 Å². The van der Waals surface area contributed by atoms with Crippen molar-refractivity contribution >= 4 is 11.6 Å². The van der Waals surface area contributed by atoms with Gasteiger partial charge in [-0.1, -0.05) is 25.0 Å². The first kappa shape index (κ1) is 17.0. The van der Waals surface area contributed by atoms with E-state index in [9.17, 15) is 4.79 Å². The SMILES string of the molecule is O=C(C[C@H]1C[C@@H]2CC[C@@H]1C2)Nc1cccc(-c2nnc3n2CCCCC3)c1. The number of hydrogen-bond donors (Lipinski definition) is 1. The fraction of sp³-hybridized carbons (Fsp3) is 0.591. The zero-order valence-electron chi connectivity index (χ0n) is 15.9. The molecule has 1 amide bonds. The summed E-state index contributed by atoms with van der Waals surface area (Å²) in [5.74, 6) is 4.45. The molecule has 5 rings (SSSR count). The summed E-state index contributed by atoms with van der Waals surface area (Å²) in [5.41, 5.74) is 1.90. The topological polar surface area (TPSA) is 59.8 Å². The number of carbonyl (C=O) groups excluding carboxylic acids is 1. The molecule has 2 bridgehead atoms. The molecule has 3 aliphatic rings. The van der Waals surface area contributed by atoms with Crippen LogP contribution in [0.2, 0.25) is 0 Å². The Labute approximate surface area is 160 Å². The molecule has 142 valence electrons. The Bertz CT molecular complexity index is 843. The number of hydrogen-bond acceptors (Lipinski definition) is 3. The number of amides is 1. The molecular weight excluding hydrogens is 336 g/mol. The monoisotopic (exact) mass is 364 g/mol. The third-order valence-electron chi connectivity index (χ3n) is 6.85. The minimum Gasteiger partial charge on any atom is -0.326 e. The van der Waals surface area contributed by atoms with Crippen molar-refractivity contribution in [3.8, 4) is 11.4 Å². The van der Waals surface area contributed by atoms with Crippen LogP contribution in [0.5, 0.6) is 0 Å². The molecule has 5 heteroatoms. The predicted molar refractivity (Wildman–Crippen MR) is 105 cm³/mol. The van der Waals surface area contributed by atoms with Crippen LogP contribution in [0.1, 0.15) is 57.2 Å². The second-order valence-electron chi connectivity index (χ2n) is 8.67. The number of aromatic nitrogens is 3. The average Bonchev–Trinajstić information content (AvgIpc) is 3.34. The van der Waals surface area contributed by atoms with E-state index in [4.69, 9.17) is 0 Å². The molecular formula is C22H28N4O. The van der Waals surface area contributed by atoms with Crippen molar-refractivity contribution in [1.82, 2.24) is 14.8 Å². The molecule has 2 fully saturated rings. The third-order valence-corrected chi connectivity index (χ3v) is 6.85. The van der Waals surface area contributed by atoms with Gasteiger partial charge in [-0.2, -0.15) is 0 Å². The highest BCUT2D eigenvalue weighted by Gasteiger charge is 2.40. The van der Waals surface area contributed by atoms with Gasteiger partial charge in [0.1, 0.15) is 5.82 Å². The fourth-order valence-electron chi connectivity index (χ4n) is 5.51. The maximum Gasteiger partial charge on any atom is 0.224 e. The normalized spacial score (nSPS) is 26.6. The maximum absolute atomic E-state index is 12.6. The summed E-state index contributed by atoms with van der Waals surface area (Å²) < 4.78 is 2.25. The van der Waals surface area contributed by atoms with Gasteiger partial charge in [0, 0.05) is 30.6 Å². The Kier molecular flexibility index (Phi) is 4.46. The van der Waals surface area contributed by atoms with E-state index < -0.39 is 0 Å². The smallest absolute Gasteiger partial charge is 0.224 e. The van der Waals surface area contributed by atoms with Crippen molar-refractivity contribution < 1.29 is 4.79 Å². The van der Waals surface area contributed by atoms with Gasteiger partial charge in [0.15, 0.2) is 5.82 Å². The molecule has 1 aromatic heterocycles. The first-order valence-corrected chi connectivity index (χ1v) is 10.6. The van der Waals surface area contributed by atoms with Crippen LogP contribution in [-0.2, 0) is 17.8 Å². The standard InChI is InChI=1S/C22H28N4O/c27-21(14-18-12-15-8-9-16(18)11-15)23-19-6-4-5-17(13-19)22-25-24-20-7-2-1-3-10-26(20)22/h4-6,13,15-16,18H,1-3,7-12,14H2,(H,23,27)/t15-,16-,18-/m1/s1. The van der Waals surface area contributed by atoms with Crippen molar-refractivity contribution in [3.63, 3.8) is 0 Å². The van der Waals surface area contributed by atoms with E-state index in [0.29, 0.717) is 12.3 Å². The Morgan fingerprint density at radius 2 is 2.11 bits per heavy atom. The molecule has 27 heavy (non-hydrogen) atoms. The van der Waals surface area contributed by atoms with E-state index in [1.807, 2.05) is 18.2 Å². The van der Waals surface area contributed by atoms with Crippen molar-refractivity contribution in [3.05, 3.63) is 30.1 Å². The van der Waals surface area contributed by atoms with E-state index in [-0.39, 0.29) is 5.91 Å². The van der Waals surface area contributed by atoms with Crippen LogP contribution in [0.4, 0.5) is 5.69 Å². The number of nitrogens with zero attached hydrogens (tertiary/aromatic N) is 3. The summed E-state index contributed by atoms with van der Waals surface area (Å²) in [5, 5.41) is 12.0. The number of aryl methyl sites for hydroxylation is 1. The van der Waals surface area contributed by atoms with Crippen LogP contribution >= 0.6 is 0 Å². The zero-order valence-corrected chi connectivity index (χ0v) is 15.9. The van der Waals surface area contributed by atoms with Gasteiger partial charge < -0.3 is 9.88 Å². The first-order chi connectivity index (χ1) is 13.3. The maximum atomic E-state index is 12.6. The summed E-state index contributed by atoms with van der Waals surface area (Å²) in [6.07, 6.45) is 10.6. The molecule has 3 atom stereocenters. The van der Waals surface area contributed by atoms with Gasteiger partial charge in [0.2, 0.25) is 5.91 Å². The van der Waals surface area contributed by atoms with Crippen molar-refractivity contribution in [1.29, 1.82) is 0 Å². The molecule has 1 aliphatic heterocycles. The van der Waals surface area contributed by atoms with Crippen LogP contribution < -0.4 is 5.32 Å². The number of anilines is 1. The van der Waals surface area contributed by atoms with Crippen molar-refractivity contribution in [2.24, 2.45) is 17.8 Å². The van der Waals surface area contributed by atoms with Gasteiger partial charge in [0.25, 0.3) is 0 Å². The largest absolute Gasteiger partial charge is 0.326 e. The third kappa shape index (κ3) is 3.40. The van der Waals surface area contributed by atoms with E-state index in [2.05, 4.69) is 26.1 Å². The van der Waals surface area contributed by atoms with Crippen LogP contribution in [0.15, 0.2) is 24.3 Å². The summed E-state index contributed by atoms with van der Waals surface area (Å²) in [7, 11) is 0. The van der Waals surface area contributed by atoms with Gasteiger partial charge >= 0.3 is 0 Å². The Balaban J connectivity index is 1.29. The molecule has 5 nitrogen and oxygen atoms in total. The highest BCUT2D eigenvalue weighted by Crippen LogP contribution is 2.49. The molecule has 2 heterocycles. The lowest BCUT2D eigenvalue weighted by molar-refractivity contribution is -0.117. The van der Waals surface area contributed by atoms with Gasteiger partial charge in [-0.3, -0.25) is 4.79 Å². The number of carbonyl (C=O) groups is 1. The van der Waals surface area contributed by atoms with Gasteiger partial charge in [-0.15, -0.1) is 10.2 Å². The number of rotatable bonds is 4. The number of nitrogens with one attached hydrogen (secondary N) is 1. The summed E-state index contributed by atoms with van der Waals surface area (Å²) >= 11 is 0. The Morgan fingerprint density at radius 3 is 2.96 bits per heavy atom. The summed E-state index contributed by atoms with van der Waals surface area (Å²) in [6, 6.07) is 8.08. The predicted octanol–water partition coefficient (Wildman–Crippen LogP) is 4.44. The molecule has 2 saturated carbocycles.